The monoisotopic (exact) mass is 558 g/mol. The number of benzene rings is 2. The van der Waals surface area contributed by atoms with Crippen LogP contribution in [0.5, 0.6) is 11.5 Å². The summed E-state index contributed by atoms with van der Waals surface area (Å²) in [6.07, 6.45) is 14.7. The molecule has 2 heterocycles. The molecule has 5 heteroatoms. The van der Waals surface area contributed by atoms with Gasteiger partial charge in [0.1, 0.15) is 6.10 Å². The zero-order valence-corrected chi connectivity index (χ0v) is 25.1. The lowest BCUT2D eigenvalue weighted by atomic mass is 9.48. The lowest BCUT2D eigenvalue weighted by Gasteiger charge is -2.65. The molecule has 2 aliphatic heterocycles. The molecule has 2 aromatic carbocycles. The summed E-state index contributed by atoms with van der Waals surface area (Å²) >= 11 is 0. The Morgan fingerprint density at radius 1 is 0.951 bits per heavy atom. The number of phenolic OH excluding ortho intramolecular Hbond substituents is 1. The largest absolute Gasteiger partial charge is 0.504 e. The Kier molecular flexibility index (Phi) is 7.58. The maximum absolute atomic E-state index is 12.8. The van der Waals surface area contributed by atoms with Crippen molar-refractivity contribution in [3.05, 3.63) is 59.2 Å². The summed E-state index contributed by atoms with van der Waals surface area (Å²) in [4.78, 5) is 5.36. The molecule has 2 N–H and O–H groups in total. The third-order valence-electron chi connectivity index (χ3n) is 11.5. The van der Waals surface area contributed by atoms with Crippen molar-refractivity contribution in [1.29, 1.82) is 0 Å². The standard InChI is InChI=1S/C36H50N2O3/c1-2-3-21-37(22-10-5-4-7-11-26-12-8-6-9-13-26)29-18-19-36(40)31-24-28-16-17-30(39)33-32(28)35(36,34(29)41-33)20-23-38(31)25-27-14-15-27/h6,8-9,12-13,16-17,27,29,31,34,39-40H,2-5,7,10-11,14-15,18-25H2,1H3/t29-,31-,34+,35+,36-/m1/s1. The predicted molar refractivity (Wildman–Crippen MR) is 164 cm³/mol. The minimum absolute atomic E-state index is 0.0934. The van der Waals surface area contributed by atoms with E-state index in [1.165, 1.54) is 68.9 Å². The number of hydrogen-bond donors (Lipinski definition) is 2. The highest BCUT2D eigenvalue weighted by molar-refractivity contribution is 5.62. The van der Waals surface area contributed by atoms with Gasteiger partial charge in [-0.05, 0) is 107 Å². The summed E-state index contributed by atoms with van der Waals surface area (Å²) in [7, 11) is 0. The third-order valence-corrected chi connectivity index (χ3v) is 11.5. The molecule has 5 nitrogen and oxygen atoms in total. The van der Waals surface area contributed by atoms with Crippen molar-refractivity contribution >= 4 is 0 Å². The van der Waals surface area contributed by atoms with Crippen molar-refractivity contribution in [1.82, 2.24) is 9.80 Å². The van der Waals surface area contributed by atoms with Gasteiger partial charge in [0.05, 0.1) is 11.0 Å². The Labute approximate surface area is 246 Å². The Balaban J connectivity index is 1.11. The SMILES string of the molecule is CCCCN(CCCCCCc1ccccc1)[C@@H]1CC[C@@]2(O)[C@H]3Cc4ccc(O)c5c4[C@@]2(CCN3CC2CC2)[C@H]1O5. The second kappa shape index (κ2) is 11.2. The molecular formula is C36H50N2O3. The van der Waals surface area contributed by atoms with Crippen molar-refractivity contribution in [3.63, 3.8) is 0 Å². The summed E-state index contributed by atoms with van der Waals surface area (Å²) < 4.78 is 6.90. The quantitative estimate of drug-likeness (QED) is 0.286. The fraction of sp³-hybridized carbons (Fsp3) is 0.667. The number of piperidine rings is 1. The van der Waals surface area contributed by atoms with E-state index in [0.29, 0.717) is 5.75 Å². The molecule has 5 atom stereocenters. The first kappa shape index (κ1) is 27.7. The van der Waals surface area contributed by atoms with Crippen LogP contribution in [-0.2, 0) is 18.3 Å². The normalized spacial score (nSPS) is 31.7. The van der Waals surface area contributed by atoms with Crippen LogP contribution in [0.4, 0.5) is 0 Å². The van der Waals surface area contributed by atoms with Crippen molar-refractivity contribution in [2.45, 2.75) is 120 Å². The number of likely N-dealkylation sites (tertiary alicyclic amines) is 1. The van der Waals surface area contributed by atoms with E-state index in [1.54, 1.807) is 0 Å². The minimum Gasteiger partial charge on any atom is -0.504 e. The van der Waals surface area contributed by atoms with Crippen LogP contribution in [0.3, 0.4) is 0 Å². The molecular weight excluding hydrogens is 508 g/mol. The zero-order valence-electron chi connectivity index (χ0n) is 25.1. The highest BCUT2D eigenvalue weighted by atomic mass is 16.5. The molecule has 41 heavy (non-hydrogen) atoms. The van der Waals surface area contributed by atoms with Gasteiger partial charge in [-0.2, -0.15) is 0 Å². The van der Waals surface area contributed by atoms with E-state index in [2.05, 4.69) is 53.1 Å². The number of hydrogen-bond acceptors (Lipinski definition) is 5. The van der Waals surface area contributed by atoms with E-state index in [1.807, 2.05) is 6.07 Å². The fourth-order valence-corrected chi connectivity index (χ4v) is 9.28. The topological polar surface area (TPSA) is 56.2 Å². The maximum Gasteiger partial charge on any atom is 0.165 e. The van der Waals surface area contributed by atoms with Crippen molar-refractivity contribution in [2.24, 2.45) is 5.92 Å². The summed E-state index contributed by atoms with van der Waals surface area (Å²) in [5, 5.41) is 23.8. The van der Waals surface area contributed by atoms with Gasteiger partial charge in [0.15, 0.2) is 11.5 Å². The van der Waals surface area contributed by atoms with Crippen molar-refractivity contribution < 1.29 is 14.9 Å². The fourth-order valence-electron chi connectivity index (χ4n) is 9.28. The molecule has 5 aliphatic rings. The van der Waals surface area contributed by atoms with E-state index in [4.69, 9.17) is 4.74 Å². The molecule has 222 valence electrons. The van der Waals surface area contributed by atoms with Crippen LogP contribution in [0.1, 0.15) is 94.2 Å². The number of nitrogens with zero attached hydrogens (tertiary/aromatic N) is 2. The molecule has 7 rings (SSSR count). The highest BCUT2D eigenvalue weighted by Crippen LogP contribution is 2.66. The first-order chi connectivity index (χ1) is 20.0. The average molecular weight is 559 g/mol. The molecule has 0 unspecified atom stereocenters. The molecule has 0 radical (unpaired) electrons. The van der Waals surface area contributed by atoms with Gasteiger partial charge in [-0.3, -0.25) is 9.80 Å². The molecule has 2 aromatic rings. The van der Waals surface area contributed by atoms with Gasteiger partial charge < -0.3 is 14.9 Å². The van der Waals surface area contributed by atoms with E-state index in [-0.39, 0.29) is 23.9 Å². The second-order valence-electron chi connectivity index (χ2n) is 13.9. The maximum atomic E-state index is 12.8. The molecule has 3 aliphatic carbocycles. The van der Waals surface area contributed by atoms with Gasteiger partial charge in [-0.15, -0.1) is 0 Å². The highest BCUT2D eigenvalue weighted by Gasteiger charge is 2.73. The van der Waals surface area contributed by atoms with Crippen LogP contribution >= 0.6 is 0 Å². The first-order valence-electron chi connectivity index (χ1n) is 16.8. The van der Waals surface area contributed by atoms with E-state index >= 15 is 0 Å². The van der Waals surface area contributed by atoms with E-state index < -0.39 is 11.0 Å². The molecule has 2 saturated carbocycles. The molecule has 0 amide bonds. The third kappa shape index (κ3) is 4.71. The summed E-state index contributed by atoms with van der Waals surface area (Å²) in [6.45, 7) is 6.63. The summed E-state index contributed by atoms with van der Waals surface area (Å²) in [5.41, 5.74) is 2.70. The number of aromatic hydroxyl groups is 1. The molecule has 1 saturated heterocycles. The number of unbranched alkanes of at least 4 members (excludes halogenated alkanes) is 4. The Hall–Kier alpha value is -2.08. The minimum atomic E-state index is -0.790. The molecule has 0 aromatic heterocycles. The van der Waals surface area contributed by atoms with Gasteiger partial charge in [0.2, 0.25) is 0 Å². The van der Waals surface area contributed by atoms with E-state index in [0.717, 1.165) is 63.3 Å². The lowest BCUT2D eigenvalue weighted by molar-refractivity contribution is -0.200. The van der Waals surface area contributed by atoms with Crippen LogP contribution in [-0.4, -0.2) is 70.0 Å². The Morgan fingerprint density at radius 3 is 2.56 bits per heavy atom. The molecule has 3 fully saturated rings. The number of phenols is 1. The van der Waals surface area contributed by atoms with Crippen LogP contribution in [0.25, 0.3) is 0 Å². The lowest BCUT2D eigenvalue weighted by Crippen LogP contribution is -2.78. The van der Waals surface area contributed by atoms with E-state index in [9.17, 15) is 10.2 Å². The van der Waals surface area contributed by atoms with Gasteiger partial charge in [-0.1, -0.05) is 62.6 Å². The number of aryl methyl sites for hydroxylation is 1. The summed E-state index contributed by atoms with van der Waals surface area (Å²) in [5.74, 6) is 1.75. The van der Waals surface area contributed by atoms with Crippen molar-refractivity contribution in [3.8, 4) is 11.5 Å². The zero-order chi connectivity index (χ0) is 28.0. The van der Waals surface area contributed by atoms with Crippen molar-refractivity contribution in [2.75, 3.05) is 26.2 Å². The smallest absolute Gasteiger partial charge is 0.165 e. The summed E-state index contributed by atoms with van der Waals surface area (Å²) in [6, 6.07) is 15.3. The number of ether oxygens (including phenoxy) is 1. The van der Waals surface area contributed by atoms with Gasteiger partial charge >= 0.3 is 0 Å². The van der Waals surface area contributed by atoms with Crippen LogP contribution in [0.15, 0.2) is 42.5 Å². The van der Waals surface area contributed by atoms with Crippen LogP contribution in [0.2, 0.25) is 0 Å². The second-order valence-corrected chi connectivity index (χ2v) is 13.9. The predicted octanol–water partition coefficient (Wildman–Crippen LogP) is 6.23. The van der Waals surface area contributed by atoms with Crippen LogP contribution < -0.4 is 4.74 Å². The van der Waals surface area contributed by atoms with Gasteiger partial charge in [0, 0.05) is 24.2 Å². The molecule has 2 bridgehead atoms. The number of rotatable bonds is 13. The Morgan fingerprint density at radius 2 is 1.76 bits per heavy atom. The Bertz CT molecular complexity index is 1210. The number of aliphatic hydroxyl groups is 1. The molecule has 1 spiro atoms. The van der Waals surface area contributed by atoms with Gasteiger partial charge in [0.25, 0.3) is 0 Å². The van der Waals surface area contributed by atoms with Gasteiger partial charge in [-0.25, -0.2) is 0 Å². The van der Waals surface area contributed by atoms with Crippen LogP contribution in [0, 0.1) is 5.92 Å². The first-order valence-corrected chi connectivity index (χ1v) is 16.8. The average Bonchev–Trinajstić information content (AvgIpc) is 3.73.